The maximum atomic E-state index is 12.9. The molecule has 0 aliphatic heterocycles. The fourth-order valence-corrected chi connectivity index (χ4v) is 3.22. The van der Waals surface area contributed by atoms with Gasteiger partial charge in [-0.25, -0.2) is 9.18 Å². The fourth-order valence-electron chi connectivity index (χ4n) is 3.22. The lowest BCUT2D eigenvalue weighted by Crippen LogP contribution is -2.30. The number of carbonyl (C=O) groups excluding carboxylic acids is 2. The van der Waals surface area contributed by atoms with Gasteiger partial charge in [0.1, 0.15) is 5.82 Å². The van der Waals surface area contributed by atoms with Crippen LogP contribution in [0.2, 0.25) is 0 Å². The number of pyridine rings is 1. The van der Waals surface area contributed by atoms with Gasteiger partial charge in [0.2, 0.25) is 0 Å². The van der Waals surface area contributed by atoms with Crippen molar-refractivity contribution in [2.24, 2.45) is 0 Å². The van der Waals surface area contributed by atoms with Crippen LogP contribution in [0, 0.1) is 12.7 Å². The van der Waals surface area contributed by atoms with E-state index in [2.05, 4.69) is 10.3 Å². The third-order valence-electron chi connectivity index (χ3n) is 4.75. The Balaban J connectivity index is 1.59. The zero-order chi connectivity index (χ0) is 20.8. The van der Waals surface area contributed by atoms with Crippen molar-refractivity contribution in [2.75, 3.05) is 13.2 Å². The van der Waals surface area contributed by atoms with Crippen molar-refractivity contribution in [3.63, 3.8) is 0 Å². The number of ether oxygens (including phenoxy) is 1. The normalized spacial score (nSPS) is 10.7. The Kier molecular flexibility index (Phi) is 6.54. The number of amides is 1. The second kappa shape index (κ2) is 9.28. The average molecular weight is 394 g/mol. The fraction of sp³-hybridized carbons (Fsp3) is 0.261. The summed E-state index contributed by atoms with van der Waals surface area (Å²) in [4.78, 5) is 29.2. The zero-order valence-corrected chi connectivity index (χ0v) is 16.5. The topological polar surface area (TPSA) is 68.3 Å². The monoisotopic (exact) mass is 394 g/mol. The summed E-state index contributed by atoms with van der Waals surface area (Å²) >= 11 is 0. The van der Waals surface area contributed by atoms with Gasteiger partial charge in [0.15, 0.2) is 6.61 Å². The van der Waals surface area contributed by atoms with E-state index in [4.69, 9.17) is 4.74 Å². The lowest BCUT2D eigenvalue weighted by Gasteiger charge is -2.13. The number of aromatic nitrogens is 1. The summed E-state index contributed by atoms with van der Waals surface area (Å²) in [6.07, 6.45) is 1.15. The van der Waals surface area contributed by atoms with Crippen LogP contribution in [0.4, 0.5) is 4.39 Å². The molecule has 1 heterocycles. The van der Waals surface area contributed by atoms with Crippen LogP contribution in [0.5, 0.6) is 0 Å². The second-order valence-corrected chi connectivity index (χ2v) is 6.73. The summed E-state index contributed by atoms with van der Waals surface area (Å²) in [5.41, 5.74) is 3.62. The third kappa shape index (κ3) is 4.96. The predicted octanol–water partition coefficient (Wildman–Crippen LogP) is 3.76. The Morgan fingerprint density at radius 1 is 1.10 bits per heavy atom. The Bertz CT molecular complexity index is 1030. The van der Waals surface area contributed by atoms with Gasteiger partial charge in [-0.2, -0.15) is 0 Å². The summed E-state index contributed by atoms with van der Waals surface area (Å²) in [6, 6.07) is 13.7. The van der Waals surface area contributed by atoms with E-state index >= 15 is 0 Å². The molecule has 0 unspecified atom stereocenters. The van der Waals surface area contributed by atoms with E-state index in [-0.39, 0.29) is 18.3 Å². The van der Waals surface area contributed by atoms with Crippen LogP contribution >= 0.6 is 0 Å². The SMILES string of the molecule is CCc1nc2ccccc2c(C)c1C(=O)OCC(=O)NCCc1ccc(F)cc1. The number of benzene rings is 2. The Hall–Kier alpha value is -3.28. The number of nitrogens with zero attached hydrogens (tertiary/aromatic N) is 1. The molecule has 150 valence electrons. The smallest absolute Gasteiger partial charge is 0.340 e. The lowest BCUT2D eigenvalue weighted by molar-refractivity contribution is -0.124. The van der Waals surface area contributed by atoms with Crippen molar-refractivity contribution >= 4 is 22.8 Å². The van der Waals surface area contributed by atoms with E-state index in [1.54, 1.807) is 12.1 Å². The molecule has 2 aromatic carbocycles. The highest BCUT2D eigenvalue weighted by Gasteiger charge is 2.20. The van der Waals surface area contributed by atoms with Gasteiger partial charge in [-0.15, -0.1) is 0 Å². The summed E-state index contributed by atoms with van der Waals surface area (Å²) in [5, 5.41) is 3.59. The van der Waals surface area contributed by atoms with E-state index in [0.29, 0.717) is 30.6 Å². The van der Waals surface area contributed by atoms with Crippen LogP contribution in [-0.2, 0) is 22.4 Å². The summed E-state index contributed by atoms with van der Waals surface area (Å²) < 4.78 is 18.1. The van der Waals surface area contributed by atoms with Crippen LogP contribution in [-0.4, -0.2) is 30.0 Å². The number of para-hydroxylation sites is 1. The first-order chi connectivity index (χ1) is 14.0. The highest BCUT2D eigenvalue weighted by atomic mass is 19.1. The molecule has 0 saturated carbocycles. The van der Waals surface area contributed by atoms with Crippen LogP contribution in [0.15, 0.2) is 48.5 Å². The van der Waals surface area contributed by atoms with Crippen molar-refractivity contribution in [3.05, 3.63) is 76.7 Å². The minimum atomic E-state index is -0.550. The molecule has 0 saturated heterocycles. The van der Waals surface area contributed by atoms with Crippen molar-refractivity contribution in [1.82, 2.24) is 10.3 Å². The largest absolute Gasteiger partial charge is 0.452 e. The Morgan fingerprint density at radius 2 is 1.83 bits per heavy atom. The molecule has 0 atom stereocenters. The van der Waals surface area contributed by atoms with Gasteiger partial charge < -0.3 is 10.1 Å². The van der Waals surface area contributed by atoms with Gasteiger partial charge in [-0.3, -0.25) is 9.78 Å². The van der Waals surface area contributed by atoms with Crippen LogP contribution in [0.1, 0.15) is 34.1 Å². The Morgan fingerprint density at radius 3 is 2.55 bits per heavy atom. The van der Waals surface area contributed by atoms with E-state index in [1.165, 1.54) is 12.1 Å². The van der Waals surface area contributed by atoms with E-state index in [0.717, 1.165) is 22.0 Å². The van der Waals surface area contributed by atoms with Gasteiger partial charge in [0, 0.05) is 11.9 Å². The molecule has 29 heavy (non-hydrogen) atoms. The molecule has 0 radical (unpaired) electrons. The van der Waals surface area contributed by atoms with Crippen molar-refractivity contribution in [1.29, 1.82) is 0 Å². The molecule has 1 N–H and O–H groups in total. The number of fused-ring (bicyclic) bond motifs is 1. The van der Waals surface area contributed by atoms with E-state index in [9.17, 15) is 14.0 Å². The number of rotatable bonds is 7. The summed E-state index contributed by atoms with van der Waals surface area (Å²) in [5.74, 6) is -1.23. The molecule has 1 amide bonds. The van der Waals surface area contributed by atoms with E-state index < -0.39 is 5.97 Å². The first-order valence-corrected chi connectivity index (χ1v) is 9.56. The molecule has 0 spiro atoms. The molecule has 3 aromatic rings. The minimum absolute atomic E-state index is 0.297. The van der Waals surface area contributed by atoms with Crippen molar-refractivity contribution in [3.8, 4) is 0 Å². The van der Waals surface area contributed by atoms with Gasteiger partial charge in [-0.1, -0.05) is 37.3 Å². The van der Waals surface area contributed by atoms with Crippen LogP contribution < -0.4 is 5.32 Å². The van der Waals surface area contributed by atoms with Gasteiger partial charge in [0.05, 0.1) is 16.8 Å². The molecule has 0 aliphatic rings. The number of esters is 1. The molecule has 0 aliphatic carbocycles. The summed E-state index contributed by atoms with van der Waals surface area (Å²) in [7, 11) is 0. The molecule has 5 nitrogen and oxygen atoms in total. The zero-order valence-electron chi connectivity index (χ0n) is 16.5. The Labute approximate surface area is 168 Å². The van der Waals surface area contributed by atoms with Gasteiger partial charge in [0.25, 0.3) is 5.91 Å². The first-order valence-electron chi connectivity index (χ1n) is 9.56. The lowest BCUT2D eigenvalue weighted by atomic mass is 10.0. The molecule has 6 heteroatoms. The molecule has 0 bridgehead atoms. The molecular weight excluding hydrogens is 371 g/mol. The maximum Gasteiger partial charge on any atom is 0.340 e. The van der Waals surface area contributed by atoms with Gasteiger partial charge in [-0.05, 0) is 49.1 Å². The van der Waals surface area contributed by atoms with Crippen molar-refractivity contribution < 1.29 is 18.7 Å². The molecule has 1 aromatic heterocycles. The second-order valence-electron chi connectivity index (χ2n) is 6.73. The predicted molar refractivity (Wildman–Crippen MR) is 109 cm³/mol. The summed E-state index contributed by atoms with van der Waals surface area (Å²) in [6.45, 7) is 3.80. The number of carbonyl (C=O) groups is 2. The third-order valence-corrected chi connectivity index (χ3v) is 4.75. The number of hydrogen-bond donors (Lipinski definition) is 1. The number of halogens is 1. The van der Waals surface area contributed by atoms with Crippen LogP contribution in [0.3, 0.4) is 0 Å². The highest BCUT2D eigenvalue weighted by Crippen LogP contribution is 2.24. The standard InChI is InChI=1S/C23H23FN2O3/c1-3-19-22(15(2)18-6-4-5-7-20(18)26-19)23(28)29-14-21(27)25-13-12-16-8-10-17(24)11-9-16/h4-11H,3,12-14H2,1-2H3,(H,25,27). The minimum Gasteiger partial charge on any atom is -0.452 e. The molecule has 3 rings (SSSR count). The number of nitrogens with one attached hydrogen (secondary N) is 1. The van der Waals surface area contributed by atoms with E-state index in [1.807, 2.05) is 38.1 Å². The highest BCUT2D eigenvalue weighted by molar-refractivity contribution is 5.99. The number of hydrogen-bond acceptors (Lipinski definition) is 4. The van der Waals surface area contributed by atoms with Crippen LogP contribution in [0.25, 0.3) is 10.9 Å². The first kappa shape index (κ1) is 20.5. The number of aryl methyl sites for hydroxylation is 2. The molecular formula is C23H23FN2O3. The van der Waals surface area contributed by atoms with Gasteiger partial charge >= 0.3 is 5.97 Å². The average Bonchev–Trinajstić information content (AvgIpc) is 2.73. The van der Waals surface area contributed by atoms with Crippen molar-refractivity contribution in [2.45, 2.75) is 26.7 Å². The molecule has 0 fully saturated rings. The maximum absolute atomic E-state index is 12.9. The quantitative estimate of drug-likeness (QED) is 0.620.